The van der Waals surface area contributed by atoms with Crippen molar-refractivity contribution in [3.05, 3.63) is 29.8 Å². The number of carbonyl (C=O) groups is 1. The van der Waals surface area contributed by atoms with Crippen molar-refractivity contribution in [2.24, 2.45) is 4.99 Å². The second kappa shape index (κ2) is 9.85. The van der Waals surface area contributed by atoms with Crippen LogP contribution in [0.15, 0.2) is 34.2 Å². The number of nitrogens with zero attached hydrogens (tertiary/aromatic N) is 1. The van der Waals surface area contributed by atoms with Gasteiger partial charge in [-0.15, -0.1) is 0 Å². The smallest absolute Gasteiger partial charge is 0.263 e. The van der Waals surface area contributed by atoms with Crippen LogP contribution in [0.4, 0.5) is 0 Å². The number of ether oxygens (including phenoxy) is 1. The molecule has 1 aromatic rings. The van der Waals surface area contributed by atoms with Crippen molar-refractivity contribution in [1.29, 1.82) is 0 Å². The Balaban J connectivity index is 2.08. The standard InChI is InChI=1S/C19H29N3O4S/c1-4-5-10-16(19(23)20-12-8-13-26-14(2)3)21-18-15-9-6-7-11-17(15)27(24,25)22-18/h6-7,9,11,14,16H,4-5,8,10,12-13H2,1-3H3,(H,20,23)(H,21,22)/t16-/m0/s1. The predicted octanol–water partition coefficient (Wildman–Crippen LogP) is 2.22. The van der Waals surface area contributed by atoms with Gasteiger partial charge in [-0.3, -0.25) is 14.5 Å². The molecular weight excluding hydrogens is 366 g/mol. The largest absolute Gasteiger partial charge is 0.379 e. The van der Waals surface area contributed by atoms with Gasteiger partial charge >= 0.3 is 0 Å². The lowest BCUT2D eigenvalue weighted by molar-refractivity contribution is -0.122. The molecule has 0 spiro atoms. The number of unbranched alkanes of at least 4 members (excludes halogenated alkanes) is 1. The van der Waals surface area contributed by atoms with Crippen LogP contribution in [0, 0.1) is 0 Å². The summed E-state index contributed by atoms with van der Waals surface area (Å²) in [4.78, 5) is 17.2. The Labute approximate surface area is 161 Å². The minimum atomic E-state index is -3.61. The van der Waals surface area contributed by atoms with Crippen molar-refractivity contribution in [2.75, 3.05) is 13.2 Å². The van der Waals surface area contributed by atoms with Crippen LogP contribution in [0.2, 0.25) is 0 Å². The highest BCUT2D eigenvalue weighted by Gasteiger charge is 2.31. The van der Waals surface area contributed by atoms with Crippen LogP contribution in [-0.2, 0) is 19.6 Å². The summed E-state index contributed by atoms with van der Waals surface area (Å²) in [5.41, 5.74) is 0.511. The summed E-state index contributed by atoms with van der Waals surface area (Å²) in [6.07, 6.45) is 3.22. The van der Waals surface area contributed by atoms with Crippen molar-refractivity contribution in [3.8, 4) is 0 Å². The average molecular weight is 396 g/mol. The molecule has 1 amide bonds. The highest BCUT2D eigenvalue weighted by atomic mass is 32.2. The molecule has 0 aliphatic carbocycles. The van der Waals surface area contributed by atoms with Crippen LogP contribution in [0.1, 0.15) is 52.0 Å². The Morgan fingerprint density at radius 2 is 2.00 bits per heavy atom. The van der Waals surface area contributed by atoms with Crippen LogP contribution in [0.3, 0.4) is 0 Å². The first-order valence-electron chi connectivity index (χ1n) is 9.44. The molecule has 0 unspecified atom stereocenters. The van der Waals surface area contributed by atoms with Crippen LogP contribution in [-0.4, -0.2) is 45.5 Å². The highest BCUT2D eigenvalue weighted by molar-refractivity contribution is 7.90. The molecule has 0 fully saturated rings. The Bertz CT molecular complexity index is 775. The van der Waals surface area contributed by atoms with E-state index in [0.29, 0.717) is 25.1 Å². The van der Waals surface area contributed by atoms with E-state index < -0.39 is 16.1 Å². The van der Waals surface area contributed by atoms with Crippen LogP contribution in [0.5, 0.6) is 0 Å². The van der Waals surface area contributed by atoms with Crippen LogP contribution >= 0.6 is 0 Å². The molecule has 150 valence electrons. The maximum atomic E-state index is 12.6. The Hall–Kier alpha value is -1.93. The number of aliphatic imine (C=N–C) groups is 1. The lowest BCUT2D eigenvalue weighted by Crippen LogP contribution is -2.36. The van der Waals surface area contributed by atoms with Crippen molar-refractivity contribution < 1.29 is 17.9 Å². The number of benzene rings is 1. The lowest BCUT2D eigenvalue weighted by Gasteiger charge is -2.14. The maximum Gasteiger partial charge on any atom is 0.263 e. The van der Waals surface area contributed by atoms with E-state index in [-0.39, 0.29) is 22.7 Å². The fraction of sp³-hybridized carbons (Fsp3) is 0.579. The molecule has 1 atom stereocenters. The number of carbonyl (C=O) groups excluding carboxylic acids is 1. The van der Waals surface area contributed by atoms with E-state index in [1.807, 2.05) is 20.8 Å². The monoisotopic (exact) mass is 395 g/mol. The second-order valence-electron chi connectivity index (χ2n) is 6.80. The highest BCUT2D eigenvalue weighted by Crippen LogP contribution is 2.23. The van der Waals surface area contributed by atoms with E-state index in [9.17, 15) is 13.2 Å². The van der Waals surface area contributed by atoms with Gasteiger partial charge in [0, 0.05) is 18.7 Å². The van der Waals surface area contributed by atoms with Gasteiger partial charge in [-0.2, -0.15) is 0 Å². The first-order valence-corrected chi connectivity index (χ1v) is 10.9. The van der Waals surface area contributed by atoms with Crippen LogP contribution < -0.4 is 10.0 Å². The van der Waals surface area contributed by atoms with E-state index in [2.05, 4.69) is 15.0 Å². The maximum absolute atomic E-state index is 12.6. The summed E-state index contributed by atoms with van der Waals surface area (Å²) < 4.78 is 32.4. The number of rotatable bonds is 10. The van der Waals surface area contributed by atoms with E-state index >= 15 is 0 Å². The van der Waals surface area contributed by atoms with Gasteiger partial charge in [0.1, 0.15) is 11.9 Å². The molecule has 0 saturated carbocycles. The molecule has 1 heterocycles. The fourth-order valence-electron chi connectivity index (χ4n) is 2.76. The SMILES string of the molecule is CCCC[C@H](N=C1NS(=O)(=O)c2ccccc21)C(=O)NCCCOC(C)C. The summed E-state index contributed by atoms with van der Waals surface area (Å²) in [6, 6.07) is 6.04. The number of hydrogen-bond donors (Lipinski definition) is 2. The van der Waals surface area contributed by atoms with Gasteiger partial charge in [-0.25, -0.2) is 8.42 Å². The van der Waals surface area contributed by atoms with Crippen LogP contribution in [0.25, 0.3) is 0 Å². The molecule has 1 aliphatic heterocycles. The zero-order chi connectivity index (χ0) is 19.9. The van der Waals surface area contributed by atoms with Gasteiger partial charge < -0.3 is 10.1 Å². The van der Waals surface area contributed by atoms with Gasteiger partial charge in [0.05, 0.1) is 11.0 Å². The van der Waals surface area contributed by atoms with Gasteiger partial charge in [-0.1, -0.05) is 31.9 Å². The molecule has 1 aliphatic rings. The molecule has 0 radical (unpaired) electrons. The minimum Gasteiger partial charge on any atom is -0.379 e. The number of nitrogens with one attached hydrogen (secondary N) is 2. The third kappa shape index (κ3) is 6.04. The second-order valence-corrected chi connectivity index (χ2v) is 8.45. The predicted molar refractivity (Wildman–Crippen MR) is 105 cm³/mol. The molecule has 1 aromatic carbocycles. The summed E-state index contributed by atoms with van der Waals surface area (Å²) in [7, 11) is -3.61. The Morgan fingerprint density at radius 1 is 1.26 bits per heavy atom. The molecule has 0 bridgehead atoms. The van der Waals surface area contributed by atoms with E-state index in [1.165, 1.54) is 6.07 Å². The van der Waals surface area contributed by atoms with Gasteiger partial charge in [0.2, 0.25) is 5.91 Å². The minimum absolute atomic E-state index is 0.167. The van der Waals surface area contributed by atoms with Gasteiger partial charge in [0.15, 0.2) is 0 Å². The topological polar surface area (TPSA) is 96.9 Å². The third-order valence-corrected chi connectivity index (χ3v) is 5.55. The Morgan fingerprint density at radius 3 is 2.70 bits per heavy atom. The zero-order valence-electron chi connectivity index (χ0n) is 16.2. The number of sulfonamides is 1. The zero-order valence-corrected chi connectivity index (χ0v) is 17.0. The summed E-state index contributed by atoms with van der Waals surface area (Å²) in [5.74, 6) is 0.0501. The number of amides is 1. The van der Waals surface area contributed by atoms with E-state index in [1.54, 1.807) is 18.2 Å². The number of amidine groups is 1. The molecule has 0 aromatic heterocycles. The summed E-state index contributed by atoms with van der Waals surface area (Å²) in [6.45, 7) is 7.06. The summed E-state index contributed by atoms with van der Waals surface area (Å²) in [5, 5.41) is 2.88. The molecule has 7 nitrogen and oxygen atoms in total. The number of hydrogen-bond acceptors (Lipinski definition) is 5. The first-order chi connectivity index (χ1) is 12.8. The average Bonchev–Trinajstić information content (AvgIpc) is 2.88. The molecule has 8 heteroatoms. The molecule has 2 rings (SSSR count). The molecular formula is C19H29N3O4S. The first kappa shape index (κ1) is 21.4. The van der Waals surface area contributed by atoms with E-state index in [0.717, 1.165) is 19.3 Å². The number of fused-ring (bicyclic) bond motifs is 1. The van der Waals surface area contributed by atoms with Gasteiger partial charge in [-0.05, 0) is 38.8 Å². The van der Waals surface area contributed by atoms with Crippen molar-refractivity contribution in [2.45, 2.75) is 63.5 Å². The third-order valence-electron chi connectivity index (χ3n) is 4.15. The van der Waals surface area contributed by atoms with E-state index in [4.69, 9.17) is 4.74 Å². The fourth-order valence-corrected chi connectivity index (χ4v) is 4.00. The van der Waals surface area contributed by atoms with Crippen molar-refractivity contribution in [3.63, 3.8) is 0 Å². The van der Waals surface area contributed by atoms with Crippen molar-refractivity contribution in [1.82, 2.24) is 10.0 Å². The normalized spacial score (nSPS) is 17.6. The molecule has 0 saturated heterocycles. The van der Waals surface area contributed by atoms with Gasteiger partial charge in [0.25, 0.3) is 10.0 Å². The Kier molecular flexibility index (Phi) is 7.79. The lowest BCUT2D eigenvalue weighted by atomic mass is 10.1. The molecule has 2 N–H and O–H groups in total. The quantitative estimate of drug-likeness (QED) is 0.594. The summed E-state index contributed by atoms with van der Waals surface area (Å²) >= 11 is 0. The van der Waals surface area contributed by atoms with Crippen molar-refractivity contribution >= 4 is 21.8 Å². The molecule has 27 heavy (non-hydrogen) atoms.